The Labute approximate surface area is 145 Å². The normalized spacial score (nSPS) is 21.4. The Morgan fingerprint density at radius 2 is 2.25 bits per heavy atom. The van der Waals surface area contributed by atoms with Gasteiger partial charge in [0.25, 0.3) is 0 Å². The monoisotopic (exact) mass is 349 g/mol. The Morgan fingerprint density at radius 3 is 3.04 bits per heavy atom. The Morgan fingerprint density at radius 1 is 1.38 bits per heavy atom. The molecule has 0 saturated heterocycles. The summed E-state index contributed by atoms with van der Waals surface area (Å²) in [5, 5.41) is 18.5. The number of aryl methyl sites for hydroxylation is 1. The summed E-state index contributed by atoms with van der Waals surface area (Å²) in [7, 11) is 0. The zero-order valence-electron chi connectivity index (χ0n) is 13.6. The van der Waals surface area contributed by atoms with Crippen molar-refractivity contribution >= 4 is 17.2 Å². The molecule has 1 aliphatic carbocycles. The molecular weight excluding hydrogens is 326 g/mol. The minimum Gasteiger partial charge on any atom is -0.396 e. The van der Waals surface area contributed by atoms with Crippen molar-refractivity contribution in [2.45, 2.75) is 51.0 Å². The lowest BCUT2D eigenvalue weighted by Crippen LogP contribution is -2.41. The summed E-state index contributed by atoms with van der Waals surface area (Å²) in [6.45, 7) is 0.138. The van der Waals surface area contributed by atoms with Crippen molar-refractivity contribution < 1.29 is 14.4 Å². The van der Waals surface area contributed by atoms with Gasteiger partial charge in [0.2, 0.25) is 17.6 Å². The van der Waals surface area contributed by atoms with Crippen molar-refractivity contribution in [1.82, 2.24) is 15.5 Å². The lowest BCUT2D eigenvalue weighted by Gasteiger charge is -2.24. The van der Waals surface area contributed by atoms with Crippen LogP contribution in [0.15, 0.2) is 22.0 Å². The number of carbonyl (C=O) groups is 1. The fourth-order valence-corrected chi connectivity index (χ4v) is 3.80. The van der Waals surface area contributed by atoms with E-state index in [1.807, 2.05) is 17.5 Å². The molecule has 2 unspecified atom stereocenters. The van der Waals surface area contributed by atoms with E-state index in [4.69, 9.17) is 4.52 Å². The maximum Gasteiger partial charge on any atom is 0.227 e. The maximum atomic E-state index is 12.2. The zero-order valence-corrected chi connectivity index (χ0v) is 14.4. The second-order valence-corrected chi connectivity index (χ2v) is 7.19. The van der Waals surface area contributed by atoms with Crippen LogP contribution in [0.1, 0.15) is 44.4 Å². The number of hydrogen-bond donors (Lipinski definition) is 2. The van der Waals surface area contributed by atoms with Crippen LogP contribution < -0.4 is 5.32 Å². The summed E-state index contributed by atoms with van der Waals surface area (Å²) in [6.07, 6.45) is 6.09. The number of aliphatic hydroxyl groups is 1. The first-order valence-electron chi connectivity index (χ1n) is 8.53. The molecule has 1 aliphatic rings. The number of aliphatic hydroxyl groups excluding tert-OH is 1. The summed E-state index contributed by atoms with van der Waals surface area (Å²) in [6, 6.07) is 3.95. The highest BCUT2D eigenvalue weighted by Crippen LogP contribution is 2.24. The molecule has 2 atom stereocenters. The second-order valence-electron chi connectivity index (χ2n) is 6.24. The summed E-state index contributed by atoms with van der Waals surface area (Å²) in [5.41, 5.74) is 0. The second kappa shape index (κ2) is 8.39. The number of nitrogens with zero attached hydrogens (tertiary/aromatic N) is 2. The SMILES string of the molecule is O=C(CCc1nc(-c2cccs2)no1)NC1CCCCCC1CO. The van der Waals surface area contributed by atoms with E-state index < -0.39 is 0 Å². The number of aromatic nitrogens is 2. The molecule has 0 radical (unpaired) electrons. The summed E-state index contributed by atoms with van der Waals surface area (Å²) in [5.74, 6) is 1.21. The van der Waals surface area contributed by atoms with E-state index >= 15 is 0 Å². The van der Waals surface area contributed by atoms with Crippen molar-refractivity contribution in [3.63, 3.8) is 0 Å². The van der Waals surface area contributed by atoms with Crippen LogP contribution in [0.3, 0.4) is 0 Å². The zero-order chi connectivity index (χ0) is 16.8. The number of nitrogens with one attached hydrogen (secondary N) is 1. The van der Waals surface area contributed by atoms with Gasteiger partial charge in [0, 0.05) is 31.4 Å². The van der Waals surface area contributed by atoms with Gasteiger partial charge in [-0.3, -0.25) is 4.79 Å². The molecule has 2 aromatic heterocycles. The molecule has 0 spiro atoms. The van der Waals surface area contributed by atoms with E-state index in [1.165, 1.54) is 6.42 Å². The lowest BCUT2D eigenvalue weighted by atomic mass is 9.95. The number of amides is 1. The number of thiophene rings is 1. The number of rotatable bonds is 6. The van der Waals surface area contributed by atoms with E-state index in [0.717, 1.165) is 30.6 Å². The highest BCUT2D eigenvalue weighted by Gasteiger charge is 2.24. The Bertz CT molecular complexity index is 641. The van der Waals surface area contributed by atoms with Gasteiger partial charge in [-0.15, -0.1) is 11.3 Å². The van der Waals surface area contributed by atoms with Crippen molar-refractivity contribution in [2.75, 3.05) is 6.61 Å². The first kappa shape index (κ1) is 17.1. The molecule has 0 aliphatic heterocycles. The predicted octanol–water partition coefficient (Wildman–Crippen LogP) is 2.79. The number of hydrogen-bond acceptors (Lipinski definition) is 6. The maximum absolute atomic E-state index is 12.2. The standard InChI is InChI=1S/C17H23N3O3S/c21-11-12-5-2-1-3-6-13(12)18-15(22)8-9-16-19-17(20-23-16)14-7-4-10-24-14/h4,7,10,12-13,21H,1-3,5-6,8-9,11H2,(H,18,22). The van der Waals surface area contributed by atoms with Gasteiger partial charge in [-0.05, 0) is 24.3 Å². The molecule has 2 N–H and O–H groups in total. The van der Waals surface area contributed by atoms with Gasteiger partial charge in [0.15, 0.2) is 0 Å². The first-order valence-corrected chi connectivity index (χ1v) is 9.41. The van der Waals surface area contributed by atoms with Crippen LogP contribution in [-0.2, 0) is 11.2 Å². The van der Waals surface area contributed by atoms with Crippen LogP contribution in [0, 0.1) is 5.92 Å². The molecule has 1 fully saturated rings. The van der Waals surface area contributed by atoms with Gasteiger partial charge in [-0.2, -0.15) is 4.98 Å². The highest BCUT2D eigenvalue weighted by molar-refractivity contribution is 7.13. The Hall–Kier alpha value is -1.73. The average Bonchev–Trinajstić information content (AvgIpc) is 3.22. The predicted molar refractivity (Wildman–Crippen MR) is 91.5 cm³/mol. The topological polar surface area (TPSA) is 88.2 Å². The smallest absolute Gasteiger partial charge is 0.227 e. The minimum atomic E-state index is -0.0174. The fourth-order valence-electron chi connectivity index (χ4n) is 3.15. The van der Waals surface area contributed by atoms with Crippen molar-refractivity contribution in [3.05, 3.63) is 23.4 Å². The van der Waals surface area contributed by atoms with Gasteiger partial charge < -0.3 is 14.9 Å². The molecule has 130 valence electrons. The highest BCUT2D eigenvalue weighted by atomic mass is 32.1. The van der Waals surface area contributed by atoms with Gasteiger partial charge >= 0.3 is 0 Å². The van der Waals surface area contributed by atoms with Gasteiger partial charge in [0.05, 0.1) is 4.88 Å². The first-order chi connectivity index (χ1) is 11.8. The summed E-state index contributed by atoms with van der Waals surface area (Å²) >= 11 is 1.55. The fraction of sp³-hybridized carbons (Fsp3) is 0.588. The summed E-state index contributed by atoms with van der Waals surface area (Å²) in [4.78, 5) is 17.5. The van der Waals surface area contributed by atoms with Crippen molar-refractivity contribution in [2.24, 2.45) is 5.92 Å². The van der Waals surface area contributed by atoms with Crippen LogP contribution in [-0.4, -0.2) is 33.8 Å². The molecule has 2 heterocycles. The van der Waals surface area contributed by atoms with Crippen LogP contribution in [0.25, 0.3) is 10.7 Å². The Balaban J connectivity index is 1.50. The molecule has 7 heteroatoms. The van der Waals surface area contributed by atoms with E-state index in [-0.39, 0.29) is 24.5 Å². The Kier molecular flexibility index (Phi) is 5.98. The van der Waals surface area contributed by atoms with Gasteiger partial charge in [-0.25, -0.2) is 0 Å². The average molecular weight is 349 g/mol. The van der Waals surface area contributed by atoms with Crippen LogP contribution in [0.5, 0.6) is 0 Å². The van der Waals surface area contributed by atoms with Crippen molar-refractivity contribution in [1.29, 1.82) is 0 Å². The molecule has 1 amide bonds. The largest absolute Gasteiger partial charge is 0.396 e. The van der Waals surface area contributed by atoms with Crippen LogP contribution >= 0.6 is 11.3 Å². The molecule has 0 bridgehead atoms. The lowest BCUT2D eigenvalue weighted by molar-refractivity contribution is -0.122. The molecule has 2 aromatic rings. The minimum absolute atomic E-state index is 0.0174. The molecular formula is C17H23N3O3S. The quantitative estimate of drug-likeness (QED) is 0.783. The summed E-state index contributed by atoms with van der Waals surface area (Å²) < 4.78 is 5.22. The molecule has 0 aromatic carbocycles. The van der Waals surface area contributed by atoms with Gasteiger partial charge in [0.1, 0.15) is 0 Å². The molecule has 6 nitrogen and oxygen atoms in total. The van der Waals surface area contributed by atoms with Crippen LogP contribution in [0.4, 0.5) is 0 Å². The van der Waals surface area contributed by atoms with E-state index in [1.54, 1.807) is 11.3 Å². The van der Waals surface area contributed by atoms with Crippen molar-refractivity contribution in [3.8, 4) is 10.7 Å². The van der Waals surface area contributed by atoms with Crippen LogP contribution in [0.2, 0.25) is 0 Å². The van der Waals surface area contributed by atoms with E-state index in [9.17, 15) is 9.90 Å². The third-order valence-corrected chi connectivity index (χ3v) is 5.38. The van der Waals surface area contributed by atoms with E-state index in [0.29, 0.717) is 24.6 Å². The van der Waals surface area contributed by atoms with E-state index in [2.05, 4.69) is 15.5 Å². The van der Waals surface area contributed by atoms with Gasteiger partial charge in [-0.1, -0.05) is 30.5 Å². The number of carbonyl (C=O) groups excluding carboxylic acids is 1. The molecule has 24 heavy (non-hydrogen) atoms. The molecule has 1 saturated carbocycles. The third-order valence-electron chi connectivity index (χ3n) is 4.52. The molecule has 3 rings (SSSR count). The third kappa shape index (κ3) is 4.42.